The lowest BCUT2D eigenvalue weighted by Gasteiger charge is -2.34. The molecule has 7 rings (SSSR count). The third kappa shape index (κ3) is 5.72. The minimum Gasteiger partial charge on any atom is -0.455 e. The van der Waals surface area contributed by atoms with Gasteiger partial charge in [0, 0.05) is 0 Å². The number of nitrogens with two attached hydrogens (primary N) is 2. The van der Waals surface area contributed by atoms with E-state index in [4.69, 9.17) is 20.9 Å². The highest BCUT2D eigenvalue weighted by molar-refractivity contribution is 5.86. The van der Waals surface area contributed by atoms with Crippen LogP contribution in [0.2, 0.25) is 0 Å². The number of anilines is 2. The van der Waals surface area contributed by atoms with Crippen LogP contribution in [0.3, 0.4) is 0 Å². The van der Waals surface area contributed by atoms with Crippen LogP contribution in [0.1, 0.15) is 74.9 Å². The molecule has 0 bridgehead atoms. The fraction of sp³-hybridized carbons (Fsp3) is 0.200. The average Bonchev–Trinajstić information content (AvgIpc) is 3.37. The molecule has 49 heavy (non-hydrogen) atoms. The first-order chi connectivity index (χ1) is 23.4. The van der Waals surface area contributed by atoms with Gasteiger partial charge in [0.1, 0.15) is 23.0 Å². The van der Waals surface area contributed by atoms with E-state index in [0.717, 1.165) is 22.6 Å². The van der Waals surface area contributed by atoms with E-state index in [9.17, 15) is 0 Å². The molecule has 0 aromatic heterocycles. The Labute approximate surface area is 290 Å². The summed E-state index contributed by atoms with van der Waals surface area (Å²) in [5, 5.41) is 0. The molecule has 0 fully saturated rings. The summed E-state index contributed by atoms with van der Waals surface area (Å²) in [4.78, 5) is 0. The lowest BCUT2D eigenvalue weighted by Crippen LogP contribution is -2.28. The Balaban J connectivity index is 1.28. The summed E-state index contributed by atoms with van der Waals surface area (Å²) in [6.45, 7) is 13.1. The summed E-state index contributed by atoms with van der Waals surface area (Å²) >= 11 is 0. The highest BCUT2D eigenvalue weighted by atomic mass is 16.5. The van der Waals surface area contributed by atoms with Crippen molar-refractivity contribution in [3.63, 3.8) is 0 Å². The zero-order chi connectivity index (χ0) is 34.6. The van der Waals surface area contributed by atoms with Crippen molar-refractivity contribution in [2.45, 2.75) is 57.8 Å². The molecular formula is C45H44N2O2. The van der Waals surface area contributed by atoms with E-state index in [1.165, 1.54) is 33.4 Å². The van der Waals surface area contributed by atoms with Crippen LogP contribution in [-0.2, 0) is 16.2 Å². The van der Waals surface area contributed by atoms with Gasteiger partial charge in [-0.2, -0.15) is 0 Å². The molecule has 4 N–H and O–H groups in total. The van der Waals surface area contributed by atoms with Gasteiger partial charge in [0.15, 0.2) is 0 Å². The summed E-state index contributed by atoms with van der Waals surface area (Å²) in [7, 11) is 0. The second kappa shape index (κ2) is 11.9. The van der Waals surface area contributed by atoms with Crippen LogP contribution in [0.4, 0.5) is 11.4 Å². The third-order valence-electron chi connectivity index (χ3n) is 9.73. The fourth-order valence-corrected chi connectivity index (χ4v) is 7.04. The van der Waals surface area contributed by atoms with E-state index in [2.05, 4.69) is 126 Å². The standard InChI is InChI=1S/C45H44N2O2/c1-43(2,3)31-19-25-41(39(46)27-31)48-33-21-15-29(16-22-33)45(37-13-9-7-11-35(37)36-12-8-10-14-38(36)45)30-17-23-34(24-18-30)49-42-26-20-32(28-40(42)47)44(4,5)6/h7-28H,46-47H2,1-6H3. The first-order valence-corrected chi connectivity index (χ1v) is 16.9. The Kier molecular flexibility index (Phi) is 7.79. The van der Waals surface area contributed by atoms with Crippen molar-refractivity contribution in [3.05, 3.63) is 167 Å². The number of nitrogen functional groups attached to an aromatic ring is 2. The molecule has 0 amide bonds. The predicted molar refractivity (Wildman–Crippen MR) is 203 cm³/mol. The second-order valence-electron chi connectivity index (χ2n) is 15.1. The van der Waals surface area contributed by atoms with Gasteiger partial charge in [-0.3, -0.25) is 0 Å². The van der Waals surface area contributed by atoms with Crippen molar-refractivity contribution in [2.24, 2.45) is 0 Å². The van der Waals surface area contributed by atoms with Crippen LogP contribution in [0, 0.1) is 0 Å². The van der Waals surface area contributed by atoms with E-state index in [-0.39, 0.29) is 10.8 Å². The molecule has 0 saturated carbocycles. The second-order valence-corrected chi connectivity index (χ2v) is 15.1. The van der Waals surface area contributed by atoms with Crippen molar-refractivity contribution >= 4 is 11.4 Å². The Morgan fingerprint density at radius 1 is 0.449 bits per heavy atom. The minimum atomic E-state index is -0.551. The SMILES string of the molecule is CC(C)(C)c1ccc(Oc2ccc(C3(c4ccc(Oc5ccc(C(C)(C)C)cc5N)cc4)c4ccccc4-c4ccccc43)cc2)c(N)c1. The minimum absolute atomic E-state index is 0.00582. The molecule has 0 spiro atoms. The van der Waals surface area contributed by atoms with Gasteiger partial charge in [0.2, 0.25) is 0 Å². The van der Waals surface area contributed by atoms with Crippen molar-refractivity contribution in [1.82, 2.24) is 0 Å². The maximum Gasteiger partial charge on any atom is 0.150 e. The summed E-state index contributed by atoms with van der Waals surface area (Å²) in [6, 6.07) is 46.4. The van der Waals surface area contributed by atoms with Gasteiger partial charge in [0.05, 0.1) is 16.8 Å². The topological polar surface area (TPSA) is 70.5 Å². The van der Waals surface area contributed by atoms with Crippen molar-refractivity contribution in [3.8, 4) is 34.1 Å². The number of rotatable bonds is 6. The van der Waals surface area contributed by atoms with Gasteiger partial charge < -0.3 is 20.9 Å². The maximum atomic E-state index is 6.45. The summed E-state index contributed by atoms with van der Waals surface area (Å²) < 4.78 is 12.7. The van der Waals surface area contributed by atoms with E-state index in [1.54, 1.807) is 0 Å². The summed E-state index contributed by atoms with van der Waals surface area (Å²) in [5.74, 6) is 2.76. The van der Waals surface area contributed by atoms with Crippen molar-refractivity contribution < 1.29 is 9.47 Å². The smallest absolute Gasteiger partial charge is 0.150 e. The molecule has 6 aromatic carbocycles. The fourth-order valence-electron chi connectivity index (χ4n) is 7.04. The molecule has 4 heteroatoms. The van der Waals surface area contributed by atoms with Gasteiger partial charge in [-0.1, -0.05) is 126 Å². The number of fused-ring (bicyclic) bond motifs is 3. The number of benzene rings is 6. The van der Waals surface area contributed by atoms with Gasteiger partial charge in [0.25, 0.3) is 0 Å². The van der Waals surface area contributed by atoms with Crippen LogP contribution in [0.15, 0.2) is 133 Å². The van der Waals surface area contributed by atoms with Crippen LogP contribution in [0.5, 0.6) is 23.0 Å². The Bertz CT molecular complexity index is 1990. The quantitative estimate of drug-likeness (QED) is 0.177. The Morgan fingerprint density at radius 2 is 0.816 bits per heavy atom. The average molecular weight is 645 g/mol. The van der Waals surface area contributed by atoms with E-state index >= 15 is 0 Å². The molecule has 0 unspecified atom stereocenters. The third-order valence-corrected chi connectivity index (χ3v) is 9.73. The highest BCUT2D eigenvalue weighted by Gasteiger charge is 2.45. The molecule has 0 saturated heterocycles. The van der Waals surface area contributed by atoms with Crippen LogP contribution in [-0.4, -0.2) is 0 Å². The van der Waals surface area contributed by atoms with E-state index in [1.807, 2.05) is 48.5 Å². The van der Waals surface area contributed by atoms with Crippen LogP contribution in [0.25, 0.3) is 11.1 Å². The Hall–Kier alpha value is -5.48. The lowest BCUT2D eigenvalue weighted by molar-refractivity contribution is 0.483. The molecule has 6 aromatic rings. The number of hydrogen-bond donors (Lipinski definition) is 2. The maximum absolute atomic E-state index is 6.45. The molecule has 4 nitrogen and oxygen atoms in total. The highest BCUT2D eigenvalue weighted by Crippen LogP contribution is 2.56. The lowest BCUT2D eigenvalue weighted by atomic mass is 9.68. The van der Waals surface area contributed by atoms with Crippen LogP contribution >= 0.6 is 0 Å². The zero-order valence-corrected chi connectivity index (χ0v) is 29.2. The largest absolute Gasteiger partial charge is 0.455 e. The van der Waals surface area contributed by atoms with Gasteiger partial charge >= 0.3 is 0 Å². The number of hydrogen-bond acceptors (Lipinski definition) is 4. The van der Waals surface area contributed by atoms with Gasteiger partial charge in [-0.05, 0) is 104 Å². The van der Waals surface area contributed by atoms with Gasteiger partial charge in [-0.25, -0.2) is 0 Å². The molecular weight excluding hydrogens is 601 g/mol. The molecule has 1 aliphatic carbocycles. The summed E-state index contributed by atoms with van der Waals surface area (Å²) in [6.07, 6.45) is 0. The molecule has 246 valence electrons. The van der Waals surface area contributed by atoms with Crippen molar-refractivity contribution in [2.75, 3.05) is 11.5 Å². The molecule has 0 aliphatic heterocycles. The van der Waals surface area contributed by atoms with Gasteiger partial charge in [-0.15, -0.1) is 0 Å². The van der Waals surface area contributed by atoms with Crippen LogP contribution < -0.4 is 20.9 Å². The first kappa shape index (κ1) is 32.1. The van der Waals surface area contributed by atoms with E-state index < -0.39 is 5.41 Å². The number of ether oxygens (including phenoxy) is 2. The zero-order valence-electron chi connectivity index (χ0n) is 29.2. The normalized spacial score (nSPS) is 13.4. The molecule has 0 heterocycles. The molecule has 0 atom stereocenters. The molecule has 0 radical (unpaired) electrons. The monoisotopic (exact) mass is 644 g/mol. The summed E-state index contributed by atoms with van der Waals surface area (Å²) in [5.41, 5.74) is 23.2. The van der Waals surface area contributed by atoms with Crippen molar-refractivity contribution in [1.29, 1.82) is 0 Å². The first-order valence-electron chi connectivity index (χ1n) is 16.9. The Morgan fingerprint density at radius 3 is 1.16 bits per heavy atom. The predicted octanol–water partition coefficient (Wildman–Crippen LogP) is 11.4. The van der Waals surface area contributed by atoms with E-state index in [0.29, 0.717) is 22.9 Å². The molecule has 1 aliphatic rings.